The van der Waals surface area contributed by atoms with Crippen LogP contribution in [0.1, 0.15) is 19.8 Å². The van der Waals surface area contributed by atoms with E-state index in [1.807, 2.05) is 48.7 Å². The zero-order valence-electron chi connectivity index (χ0n) is 17.9. The number of aromatic nitrogens is 3. The molecule has 0 atom stereocenters. The van der Waals surface area contributed by atoms with Gasteiger partial charge in [-0.15, -0.1) is 0 Å². The first-order valence-corrected chi connectivity index (χ1v) is 10.8. The molecule has 0 unspecified atom stereocenters. The molecule has 3 heterocycles. The lowest BCUT2D eigenvalue weighted by Gasteiger charge is -2.36. The van der Waals surface area contributed by atoms with Gasteiger partial charge in [0.25, 0.3) is 0 Å². The third-order valence-corrected chi connectivity index (χ3v) is 5.30. The minimum Gasteiger partial charge on any atom is -0.494 e. The Kier molecular flexibility index (Phi) is 6.66. The molecular formula is C23H29N7O. The highest BCUT2D eigenvalue weighted by atomic mass is 16.5. The van der Waals surface area contributed by atoms with Gasteiger partial charge in [0, 0.05) is 38.1 Å². The molecule has 8 nitrogen and oxygen atoms in total. The molecule has 31 heavy (non-hydrogen) atoms. The van der Waals surface area contributed by atoms with Crippen LogP contribution in [0.3, 0.4) is 0 Å². The molecule has 1 aromatic carbocycles. The maximum absolute atomic E-state index is 6.44. The van der Waals surface area contributed by atoms with E-state index in [0.717, 1.165) is 68.7 Å². The Hall–Kier alpha value is -3.55. The van der Waals surface area contributed by atoms with Crippen molar-refractivity contribution in [2.24, 2.45) is 0 Å². The lowest BCUT2D eigenvalue weighted by Crippen LogP contribution is -2.47. The van der Waals surface area contributed by atoms with Crippen LogP contribution in [0.25, 0.3) is 0 Å². The number of hydrogen-bond acceptors (Lipinski definition) is 8. The molecule has 0 spiro atoms. The van der Waals surface area contributed by atoms with Gasteiger partial charge in [0.15, 0.2) is 11.6 Å². The SMILES string of the molecule is CCCCOc1ccc(Nc2ncnc(N3CCN(c4ccccn4)CC3)c2N)cc1. The molecule has 0 aliphatic carbocycles. The van der Waals surface area contributed by atoms with Crippen LogP contribution in [0, 0.1) is 0 Å². The highest BCUT2D eigenvalue weighted by Crippen LogP contribution is 2.30. The molecular weight excluding hydrogens is 390 g/mol. The van der Waals surface area contributed by atoms with Crippen molar-refractivity contribution in [2.75, 3.05) is 53.6 Å². The van der Waals surface area contributed by atoms with Crippen molar-refractivity contribution < 1.29 is 4.74 Å². The topological polar surface area (TPSA) is 92.4 Å². The molecule has 4 rings (SSSR count). The summed E-state index contributed by atoms with van der Waals surface area (Å²) in [4.78, 5) is 17.7. The first kappa shape index (κ1) is 20.7. The number of unbranched alkanes of at least 4 members (excludes halogenated alkanes) is 1. The first-order chi connectivity index (χ1) is 15.2. The lowest BCUT2D eigenvalue weighted by atomic mass is 10.2. The summed E-state index contributed by atoms with van der Waals surface area (Å²) in [5, 5.41) is 3.30. The maximum Gasteiger partial charge on any atom is 0.159 e. The maximum atomic E-state index is 6.44. The van der Waals surface area contributed by atoms with E-state index in [1.54, 1.807) is 6.33 Å². The van der Waals surface area contributed by atoms with E-state index in [1.165, 1.54) is 0 Å². The van der Waals surface area contributed by atoms with Gasteiger partial charge in [-0.3, -0.25) is 0 Å². The van der Waals surface area contributed by atoms with Crippen LogP contribution in [-0.2, 0) is 0 Å². The first-order valence-electron chi connectivity index (χ1n) is 10.8. The van der Waals surface area contributed by atoms with E-state index in [9.17, 15) is 0 Å². The minimum absolute atomic E-state index is 0.553. The summed E-state index contributed by atoms with van der Waals surface area (Å²) in [7, 11) is 0. The number of rotatable bonds is 8. The Bertz CT molecular complexity index is 957. The Labute approximate surface area is 183 Å². The van der Waals surface area contributed by atoms with Crippen LogP contribution in [0.5, 0.6) is 5.75 Å². The van der Waals surface area contributed by atoms with Crippen molar-refractivity contribution in [1.82, 2.24) is 15.0 Å². The van der Waals surface area contributed by atoms with Gasteiger partial charge in [0.2, 0.25) is 0 Å². The molecule has 0 radical (unpaired) electrons. The average Bonchev–Trinajstić information content (AvgIpc) is 2.82. The number of ether oxygens (including phenoxy) is 1. The van der Waals surface area contributed by atoms with E-state index in [0.29, 0.717) is 11.5 Å². The number of nitrogens with two attached hydrogens (primary N) is 1. The third kappa shape index (κ3) is 5.14. The summed E-state index contributed by atoms with van der Waals surface area (Å²) in [6.45, 7) is 6.25. The van der Waals surface area contributed by atoms with Gasteiger partial charge in [0.1, 0.15) is 23.6 Å². The van der Waals surface area contributed by atoms with Crippen LogP contribution in [-0.4, -0.2) is 47.7 Å². The van der Waals surface area contributed by atoms with Crippen molar-refractivity contribution in [3.63, 3.8) is 0 Å². The van der Waals surface area contributed by atoms with Crippen molar-refractivity contribution in [2.45, 2.75) is 19.8 Å². The fourth-order valence-electron chi connectivity index (χ4n) is 3.53. The highest BCUT2D eigenvalue weighted by Gasteiger charge is 2.22. The molecule has 1 fully saturated rings. The standard InChI is InChI=1S/C23H29N7O/c1-2-3-16-31-19-9-7-18(8-10-19)28-22-21(24)23(27-17-26-22)30-14-12-29(13-15-30)20-6-4-5-11-25-20/h4-11,17H,2-3,12-16,24H2,1H3,(H,26,27,28). The van der Waals surface area contributed by atoms with Gasteiger partial charge < -0.3 is 25.6 Å². The average molecular weight is 420 g/mol. The second-order valence-corrected chi connectivity index (χ2v) is 7.47. The van der Waals surface area contributed by atoms with Crippen LogP contribution >= 0.6 is 0 Å². The molecule has 3 aromatic rings. The Morgan fingerprint density at radius 1 is 0.968 bits per heavy atom. The van der Waals surface area contributed by atoms with Crippen molar-refractivity contribution in [3.8, 4) is 5.75 Å². The monoisotopic (exact) mass is 419 g/mol. The van der Waals surface area contributed by atoms with E-state index in [2.05, 4.69) is 37.0 Å². The summed E-state index contributed by atoms with van der Waals surface area (Å²) < 4.78 is 5.72. The van der Waals surface area contributed by atoms with Crippen LogP contribution in [0.15, 0.2) is 55.0 Å². The molecule has 3 N–H and O–H groups in total. The fraction of sp³-hybridized carbons (Fsp3) is 0.348. The second kappa shape index (κ2) is 9.97. The zero-order valence-corrected chi connectivity index (χ0v) is 17.9. The summed E-state index contributed by atoms with van der Waals surface area (Å²) in [6, 6.07) is 13.8. The van der Waals surface area contributed by atoms with Crippen LogP contribution in [0.4, 0.5) is 28.8 Å². The number of nitrogens with one attached hydrogen (secondary N) is 1. The van der Waals surface area contributed by atoms with Crippen molar-refractivity contribution in [1.29, 1.82) is 0 Å². The summed E-state index contributed by atoms with van der Waals surface area (Å²) in [5.74, 6) is 3.23. The van der Waals surface area contributed by atoms with Crippen molar-refractivity contribution >= 4 is 28.8 Å². The normalized spacial score (nSPS) is 13.8. The second-order valence-electron chi connectivity index (χ2n) is 7.47. The molecule has 8 heteroatoms. The minimum atomic E-state index is 0.553. The molecule has 1 aliphatic rings. The molecule has 2 aromatic heterocycles. The quantitative estimate of drug-likeness (QED) is 0.534. The molecule has 0 saturated carbocycles. The number of pyridine rings is 1. The Morgan fingerprint density at radius 3 is 2.45 bits per heavy atom. The number of hydrogen-bond donors (Lipinski definition) is 2. The molecule has 162 valence electrons. The predicted molar refractivity (Wildman–Crippen MR) is 125 cm³/mol. The van der Waals surface area contributed by atoms with E-state index in [-0.39, 0.29) is 0 Å². The van der Waals surface area contributed by atoms with E-state index in [4.69, 9.17) is 10.5 Å². The number of nitrogens with zero attached hydrogens (tertiary/aromatic N) is 5. The summed E-state index contributed by atoms with van der Waals surface area (Å²) in [5.41, 5.74) is 7.89. The number of anilines is 5. The smallest absolute Gasteiger partial charge is 0.159 e. The number of nitrogen functional groups attached to an aromatic ring is 1. The highest BCUT2D eigenvalue weighted by molar-refractivity contribution is 5.78. The van der Waals surface area contributed by atoms with Gasteiger partial charge in [0.05, 0.1) is 6.61 Å². The lowest BCUT2D eigenvalue weighted by molar-refractivity contribution is 0.309. The van der Waals surface area contributed by atoms with E-state index < -0.39 is 0 Å². The van der Waals surface area contributed by atoms with Gasteiger partial charge in [-0.05, 0) is 42.8 Å². The fourth-order valence-corrected chi connectivity index (χ4v) is 3.53. The van der Waals surface area contributed by atoms with E-state index >= 15 is 0 Å². The third-order valence-electron chi connectivity index (χ3n) is 5.30. The molecule has 0 amide bonds. The summed E-state index contributed by atoms with van der Waals surface area (Å²) in [6.07, 6.45) is 5.55. The molecule has 0 bridgehead atoms. The van der Waals surface area contributed by atoms with Crippen LogP contribution < -0.4 is 25.6 Å². The largest absolute Gasteiger partial charge is 0.494 e. The number of piperazine rings is 1. The van der Waals surface area contributed by atoms with Gasteiger partial charge in [-0.25, -0.2) is 15.0 Å². The molecule has 1 aliphatic heterocycles. The van der Waals surface area contributed by atoms with Gasteiger partial charge in [-0.1, -0.05) is 19.4 Å². The molecule has 1 saturated heterocycles. The zero-order chi connectivity index (χ0) is 21.5. The Balaban J connectivity index is 1.39. The van der Waals surface area contributed by atoms with Crippen LogP contribution in [0.2, 0.25) is 0 Å². The van der Waals surface area contributed by atoms with Crippen molar-refractivity contribution in [3.05, 3.63) is 55.0 Å². The Morgan fingerprint density at radius 2 is 1.74 bits per heavy atom. The van der Waals surface area contributed by atoms with Gasteiger partial charge >= 0.3 is 0 Å². The van der Waals surface area contributed by atoms with Gasteiger partial charge in [-0.2, -0.15) is 0 Å². The number of benzene rings is 1. The summed E-state index contributed by atoms with van der Waals surface area (Å²) >= 11 is 0. The predicted octanol–water partition coefficient (Wildman–Crippen LogP) is 3.70.